The van der Waals surface area contributed by atoms with Crippen molar-refractivity contribution in [3.8, 4) is 0 Å². The predicted octanol–water partition coefficient (Wildman–Crippen LogP) is 7.79. The maximum absolute atomic E-state index is 6.43. The van der Waals surface area contributed by atoms with Crippen molar-refractivity contribution in [2.24, 2.45) is 5.73 Å². The second-order valence-corrected chi connectivity index (χ2v) is 9.48. The Morgan fingerprint density at radius 2 is 1.56 bits per heavy atom. The zero-order chi connectivity index (χ0) is 23.5. The molecule has 1 aromatic rings. The molecule has 2 rings (SSSR count). The third-order valence-corrected chi connectivity index (χ3v) is 6.25. The lowest BCUT2D eigenvalue weighted by molar-refractivity contribution is 0.0623. The molecule has 0 aromatic heterocycles. The van der Waals surface area contributed by atoms with Gasteiger partial charge >= 0.3 is 8.60 Å². The summed E-state index contributed by atoms with van der Waals surface area (Å²) in [6, 6.07) is 9.01. The fourth-order valence-electron chi connectivity index (χ4n) is 3.27. The monoisotopic (exact) mass is 461 g/mol. The van der Waals surface area contributed by atoms with Crippen LogP contribution in [0.1, 0.15) is 76.8 Å². The van der Waals surface area contributed by atoms with Gasteiger partial charge in [0.05, 0.1) is 25.0 Å². The summed E-state index contributed by atoms with van der Waals surface area (Å²) >= 11 is 0. The van der Waals surface area contributed by atoms with Gasteiger partial charge in [-0.2, -0.15) is 0 Å². The van der Waals surface area contributed by atoms with Crippen LogP contribution in [0.25, 0.3) is 0 Å². The van der Waals surface area contributed by atoms with Gasteiger partial charge in [0.1, 0.15) is 0 Å². The number of allylic oxidation sites excluding steroid dienone is 4. The maximum Gasteiger partial charge on any atom is 0.396 e. The Hall–Kier alpha value is -1.45. The Labute approximate surface area is 197 Å². The minimum atomic E-state index is -1.28. The summed E-state index contributed by atoms with van der Waals surface area (Å²) in [7, 11) is -1.28. The van der Waals surface area contributed by atoms with Gasteiger partial charge in [-0.15, -0.1) is 0 Å². The van der Waals surface area contributed by atoms with E-state index in [9.17, 15) is 0 Å². The van der Waals surface area contributed by atoms with Crippen LogP contribution in [0.2, 0.25) is 0 Å². The molecule has 0 bridgehead atoms. The van der Waals surface area contributed by atoms with E-state index < -0.39 is 14.1 Å². The largest absolute Gasteiger partial charge is 0.435 e. The first-order chi connectivity index (χ1) is 15.6. The molecule has 1 fully saturated rings. The van der Waals surface area contributed by atoms with Gasteiger partial charge in [-0.1, -0.05) is 94.2 Å². The maximum atomic E-state index is 6.43. The van der Waals surface area contributed by atoms with Crippen LogP contribution < -0.4 is 5.73 Å². The SMILES string of the molecule is C/C=C/OP1OCC(N)(CCc2ccc(CCCCCCCC)cc2)CO1.C=C/C=C\C. The average Bonchev–Trinajstić information content (AvgIpc) is 2.81. The molecule has 1 aliphatic rings. The Kier molecular flexibility index (Phi) is 16.1. The number of unbranched alkanes of at least 4 members (excludes halogenated alkanes) is 5. The molecule has 1 aliphatic heterocycles. The molecule has 1 aromatic carbocycles. The third kappa shape index (κ3) is 13.2. The molecule has 0 aliphatic carbocycles. The van der Waals surface area contributed by atoms with Crippen molar-refractivity contribution >= 4 is 8.60 Å². The van der Waals surface area contributed by atoms with Crippen molar-refractivity contribution in [3.05, 3.63) is 72.5 Å². The number of hydrogen-bond acceptors (Lipinski definition) is 4. The molecule has 0 spiro atoms. The Morgan fingerprint density at radius 3 is 2.09 bits per heavy atom. The Morgan fingerprint density at radius 1 is 0.969 bits per heavy atom. The molecule has 0 amide bonds. The Bertz CT molecular complexity index is 649. The van der Waals surface area contributed by atoms with Crippen LogP contribution in [0, 0.1) is 0 Å². The molecule has 180 valence electrons. The first kappa shape index (κ1) is 28.6. The second kappa shape index (κ2) is 18.0. The van der Waals surface area contributed by atoms with E-state index in [4.69, 9.17) is 19.3 Å². The number of rotatable bonds is 13. The highest BCUT2D eigenvalue weighted by molar-refractivity contribution is 7.41. The van der Waals surface area contributed by atoms with E-state index in [0.717, 1.165) is 12.8 Å². The molecule has 1 saturated heterocycles. The lowest BCUT2D eigenvalue weighted by Gasteiger charge is -2.35. The number of hydrogen-bond donors (Lipinski definition) is 1. The molecule has 0 unspecified atom stereocenters. The number of nitrogens with two attached hydrogens (primary N) is 1. The summed E-state index contributed by atoms with van der Waals surface area (Å²) in [5.41, 5.74) is 8.76. The van der Waals surface area contributed by atoms with Crippen molar-refractivity contribution in [2.45, 2.75) is 84.1 Å². The van der Waals surface area contributed by atoms with Crippen molar-refractivity contribution in [1.29, 1.82) is 0 Å². The van der Waals surface area contributed by atoms with Crippen LogP contribution >= 0.6 is 8.60 Å². The molecule has 0 saturated carbocycles. The summed E-state index contributed by atoms with van der Waals surface area (Å²) in [4.78, 5) is 0. The standard InChI is InChI=1S/C22H36NO3P.C5H8/c1-3-5-6-7-8-9-10-20-11-13-21(14-12-20)15-16-22(23)18-25-27(26-19-22)24-17-4-2;1-3-5-4-2/h4,11-14,17H,3,5-10,15-16,18-19,23H2,1-2H3;3-5H,1H2,2H3/b17-4+;5-4-. The van der Waals surface area contributed by atoms with Gasteiger partial charge < -0.3 is 19.3 Å². The van der Waals surface area contributed by atoms with Crippen LogP contribution in [-0.4, -0.2) is 18.8 Å². The summed E-state index contributed by atoms with van der Waals surface area (Å²) in [6.07, 6.45) is 20.0. The van der Waals surface area contributed by atoms with Gasteiger partial charge in [-0.3, -0.25) is 0 Å². The van der Waals surface area contributed by atoms with Crippen LogP contribution in [0.3, 0.4) is 0 Å². The van der Waals surface area contributed by atoms with E-state index in [1.54, 1.807) is 12.3 Å². The molecule has 2 N–H and O–H groups in total. The fourth-order valence-corrected chi connectivity index (χ4v) is 4.41. The van der Waals surface area contributed by atoms with Crippen molar-refractivity contribution in [1.82, 2.24) is 0 Å². The van der Waals surface area contributed by atoms with Crippen molar-refractivity contribution in [3.63, 3.8) is 0 Å². The summed E-state index contributed by atoms with van der Waals surface area (Å²) in [5.74, 6) is 0. The van der Waals surface area contributed by atoms with Crippen LogP contribution in [-0.2, 0) is 26.4 Å². The Balaban J connectivity index is 0.000000920. The summed E-state index contributed by atoms with van der Waals surface area (Å²) < 4.78 is 16.6. The topological polar surface area (TPSA) is 53.7 Å². The molecule has 32 heavy (non-hydrogen) atoms. The molecule has 5 heteroatoms. The van der Waals surface area contributed by atoms with Crippen LogP contribution in [0.15, 0.2) is 61.4 Å². The van der Waals surface area contributed by atoms with E-state index in [1.165, 1.54) is 56.1 Å². The van der Waals surface area contributed by atoms with E-state index >= 15 is 0 Å². The van der Waals surface area contributed by atoms with Gasteiger partial charge in [0.25, 0.3) is 0 Å². The van der Waals surface area contributed by atoms with Crippen LogP contribution in [0.4, 0.5) is 0 Å². The molecule has 0 radical (unpaired) electrons. The average molecular weight is 462 g/mol. The highest BCUT2D eigenvalue weighted by atomic mass is 31.2. The van der Waals surface area contributed by atoms with Gasteiger partial charge in [0, 0.05) is 0 Å². The smallest absolute Gasteiger partial charge is 0.396 e. The number of benzene rings is 1. The quantitative estimate of drug-likeness (QED) is 0.141. The lowest BCUT2D eigenvalue weighted by Crippen LogP contribution is -2.50. The van der Waals surface area contributed by atoms with E-state index in [2.05, 4.69) is 37.8 Å². The molecular weight excluding hydrogens is 417 g/mol. The highest BCUT2D eigenvalue weighted by Gasteiger charge is 2.34. The van der Waals surface area contributed by atoms with Gasteiger partial charge in [0.15, 0.2) is 0 Å². The van der Waals surface area contributed by atoms with Crippen molar-refractivity contribution in [2.75, 3.05) is 13.2 Å². The first-order valence-corrected chi connectivity index (χ1v) is 13.1. The molecular formula is C27H44NO3P. The third-order valence-electron chi connectivity index (χ3n) is 5.28. The fraction of sp³-hybridized carbons (Fsp3) is 0.556. The van der Waals surface area contributed by atoms with Crippen molar-refractivity contribution < 1.29 is 13.6 Å². The van der Waals surface area contributed by atoms with Gasteiger partial charge in [0.2, 0.25) is 0 Å². The van der Waals surface area contributed by atoms with E-state index in [0.29, 0.717) is 13.2 Å². The van der Waals surface area contributed by atoms with E-state index in [-0.39, 0.29) is 0 Å². The molecule has 4 nitrogen and oxygen atoms in total. The first-order valence-electron chi connectivity index (χ1n) is 12.0. The summed E-state index contributed by atoms with van der Waals surface area (Å²) in [6.45, 7) is 10.5. The zero-order valence-corrected chi connectivity index (χ0v) is 21.3. The highest BCUT2D eigenvalue weighted by Crippen LogP contribution is 2.45. The molecule has 0 atom stereocenters. The van der Waals surface area contributed by atoms with Gasteiger partial charge in [-0.25, -0.2) is 0 Å². The summed E-state index contributed by atoms with van der Waals surface area (Å²) in [5, 5.41) is 0. The van der Waals surface area contributed by atoms with Gasteiger partial charge in [-0.05, 0) is 50.7 Å². The molecule has 1 heterocycles. The normalized spacial score (nSPS) is 20.8. The predicted molar refractivity (Wildman–Crippen MR) is 138 cm³/mol. The zero-order valence-electron chi connectivity index (χ0n) is 20.4. The lowest BCUT2D eigenvalue weighted by atomic mass is 9.93. The minimum Gasteiger partial charge on any atom is -0.435 e. The van der Waals surface area contributed by atoms with Crippen LogP contribution in [0.5, 0.6) is 0 Å². The minimum absolute atomic E-state index is 0.435. The van der Waals surface area contributed by atoms with E-state index in [1.807, 2.05) is 32.1 Å². The number of aryl methyl sites for hydroxylation is 2. The second-order valence-electron chi connectivity index (χ2n) is 8.30.